The third-order valence-corrected chi connectivity index (χ3v) is 11.1. The van der Waals surface area contributed by atoms with Crippen LogP contribution < -0.4 is 0 Å². The topological polar surface area (TPSA) is 20.2 Å². The van der Waals surface area contributed by atoms with Crippen LogP contribution in [0.3, 0.4) is 0 Å². The lowest BCUT2D eigenvalue weighted by atomic mass is 9.44. The van der Waals surface area contributed by atoms with E-state index in [1.54, 1.807) is 5.57 Å². The fraction of sp³-hybridized carbons (Fsp3) is 0.931. The lowest BCUT2D eigenvalue weighted by Crippen LogP contribution is -2.57. The predicted octanol–water partition coefficient (Wildman–Crippen LogP) is 8.17. The highest BCUT2D eigenvalue weighted by molar-refractivity contribution is 5.30. The molecule has 0 radical (unpaired) electrons. The number of hydrogen-bond donors (Lipinski definition) is 1. The van der Waals surface area contributed by atoms with Crippen LogP contribution in [0, 0.1) is 45.8 Å². The minimum atomic E-state index is -0.448. The molecule has 0 heterocycles. The van der Waals surface area contributed by atoms with Crippen molar-refractivity contribution in [2.75, 3.05) is 0 Å². The van der Waals surface area contributed by atoms with Gasteiger partial charge in [0.25, 0.3) is 0 Å². The van der Waals surface area contributed by atoms with Gasteiger partial charge in [0.05, 0.1) is 5.60 Å². The zero-order chi connectivity index (χ0) is 21.9. The van der Waals surface area contributed by atoms with E-state index in [0.29, 0.717) is 22.7 Å². The van der Waals surface area contributed by atoms with Crippen LogP contribution in [0.15, 0.2) is 11.6 Å². The highest BCUT2D eigenvalue weighted by atomic mass is 16.3. The molecule has 0 saturated heterocycles. The lowest BCUT2D eigenvalue weighted by molar-refractivity contribution is -0.151. The summed E-state index contributed by atoms with van der Waals surface area (Å²) in [6.07, 6.45) is 16.8. The van der Waals surface area contributed by atoms with Crippen LogP contribution in [0.5, 0.6) is 0 Å². The van der Waals surface area contributed by atoms with Crippen molar-refractivity contribution in [2.24, 2.45) is 45.8 Å². The van der Waals surface area contributed by atoms with Gasteiger partial charge in [-0.15, -0.1) is 0 Å². The summed E-state index contributed by atoms with van der Waals surface area (Å²) in [5.74, 6) is 3.56. The highest BCUT2D eigenvalue weighted by Crippen LogP contribution is 2.69. The van der Waals surface area contributed by atoms with Gasteiger partial charge in [0.15, 0.2) is 0 Å². The largest absolute Gasteiger partial charge is 0.389 e. The van der Waals surface area contributed by atoms with Crippen LogP contribution in [0.2, 0.25) is 0 Å². The van der Waals surface area contributed by atoms with Crippen molar-refractivity contribution in [3.8, 4) is 0 Å². The first kappa shape index (κ1) is 22.9. The lowest BCUT2D eigenvalue weighted by Gasteiger charge is -2.61. The van der Waals surface area contributed by atoms with E-state index < -0.39 is 5.60 Å². The van der Waals surface area contributed by atoms with Crippen molar-refractivity contribution in [1.82, 2.24) is 0 Å². The van der Waals surface area contributed by atoms with Gasteiger partial charge in [-0.1, -0.05) is 79.4 Å². The zero-order valence-corrected chi connectivity index (χ0v) is 21.2. The van der Waals surface area contributed by atoms with Crippen molar-refractivity contribution in [3.63, 3.8) is 0 Å². The Morgan fingerprint density at radius 1 is 0.933 bits per heavy atom. The standard InChI is InChI=1S/C29H50O/c1-20(2)10-8-11-21(3)29(30)19-15-24-22-12-13-25-26(4,5)16-9-17-27(25,6)23(22)14-18-28(24,29)7/h13,20-24,30H,8-12,14-19H2,1-7H3/t21-,22-,23+,24+,27-,28+,29-/m1/s1. The fourth-order valence-corrected chi connectivity index (χ4v) is 9.43. The SMILES string of the molecule is CC(C)CCC[C@@H](C)[C@]1(O)CC[C@H]2[C@@H]3CC=C4C(C)(C)CCC[C@]4(C)[C@H]3CC[C@@]21C. The van der Waals surface area contributed by atoms with E-state index in [1.165, 1.54) is 64.2 Å². The van der Waals surface area contributed by atoms with Crippen molar-refractivity contribution in [3.05, 3.63) is 11.6 Å². The first-order valence-corrected chi connectivity index (χ1v) is 13.4. The molecule has 0 aromatic rings. The summed E-state index contributed by atoms with van der Waals surface area (Å²) in [5, 5.41) is 12.1. The quantitative estimate of drug-likeness (QED) is 0.450. The van der Waals surface area contributed by atoms with Gasteiger partial charge in [0.2, 0.25) is 0 Å². The van der Waals surface area contributed by atoms with Gasteiger partial charge < -0.3 is 5.11 Å². The molecular weight excluding hydrogens is 364 g/mol. The van der Waals surface area contributed by atoms with Gasteiger partial charge in [-0.3, -0.25) is 0 Å². The average molecular weight is 415 g/mol. The van der Waals surface area contributed by atoms with E-state index >= 15 is 0 Å². The molecule has 4 rings (SSSR count). The smallest absolute Gasteiger partial charge is 0.0729 e. The molecule has 3 fully saturated rings. The van der Waals surface area contributed by atoms with Crippen molar-refractivity contribution in [1.29, 1.82) is 0 Å². The fourth-order valence-electron chi connectivity index (χ4n) is 9.43. The molecule has 3 saturated carbocycles. The van der Waals surface area contributed by atoms with E-state index in [2.05, 4.69) is 54.5 Å². The van der Waals surface area contributed by atoms with Crippen LogP contribution in [0.4, 0.5) is 0 Å². The maximum Gasteiger partial charge on any atom is 0.0729 e. The Hall–Kier alpha value is -0.300. The van der Waals surface area contributed by atoms with Crippen LogP contribution in [0.25, 0.3) is 0 Å². The van der Waals surface area contributed by atoms with Crippen LogP contribution in [0.1, 0.15) is 119 Å². The van der Waals surface area contributed by atoms with Gasteiger partial charge in [0, 0.05) is 0 Å². The summed E-state index contributed by atoms with van der Waals surface area (Å²) >= 11 is 0. The molecule has 0 aromatic carbocycles. The third kappa shape index (κ3) is 3.27. The number of allylic oxidation sites excluding steroid dienone is 2. The Kier molecular flexibility index (Phi) is 5.82. The molecule has 0 spiro atoms. The second-order valence-corrected chi connectivity index (χ2v) is 13.5. The third-order valence-electron chi connectivity index (χ3n) is 11.1. The van der Waals surface area contributed by atoms with E-state index in [9.17, 15) is 5.11 Å². The number of hydrogen-bond acceptors (Lipinski definition) is 1. The molecular formula is C29H50O. The summed E-state index contributed by atoms with van der Waals surface area (Å²) in [6, 6.07) is 0. The molecule has 1 heteroatoms. The second kappa shape index (κ2) is 7.64. The van der Waals surface area contributed by atoms with Gasteiger partial charge in [0.1, 0.15) is 0 Å². The Morgan fingerprint density at radius 2 is 1.63 bits per heavy atom. The van der Waals surface area contributed by atoms with Gasteiger partial charge in [-0.25, -0.2) is 0 Å². The molecule has 0 aliphatic heterocycles. The Labute approximate surface area is 187 Å². The summed E-state index contributed by atoms with van der Waals surface area (Å²) in [5.41, 5.74) is 2.27. The van der Waals surface area contributed by atoms with Gasteiger partial charge in [-0.2, -0.15) is 0 Å². The zero-order valence-electron chi connectivity index (χ0n) is 21.2. The summed E-state index contributed by atoms with van der Waals surface area (Å²) in [7, 11) is 0. The summed E-state index contributed by atoms with van der Waals surface area (Å²) < 4.78 is 0. The van der Waals surface area contributed by atoms with Gasteiger partial charge >= 0.3 is 0 Å². The maximum atomic E-state index is 12.1. The summed E-state index contributed by atoms with van der Waals surface area (Å²) in [6.45, 7) is 17.1. The molecule has 0 unspecified atom stereocenters. The Morgan fingerprint density at radius 3 is 2.33 bits per heavy atom. The number of aliphatic hydroxyl groups is 1. The van der Waals surface area contributed by atoms with E-state index in [0.717, 1.165) is 24.2 Å². The predicted molar refractivity (Wildman–Crippen MR) is 128 cm³/mol. The molecule has 1 N–H and O–H groups in total. The molecule has 4 aliphatic rings. The Balaban J connectivity index is 1.57. The average Bonchev–Trinajstić information content (AvgIpc) is 2.93. The molecule has 0 amide bonds. The maximum absolute atomic E-state index is 12.1. The minimum Gasteiger partial charge on any atom is -0.389 e. The minimum absolute atomic E-state index is 0.122. The molecule has 0 aromatic heterocycles. The Bertz CT molecular complexity index is 674. The first-order valence-electron chi connectivity index (χ1n) is 13.4. The van der Waals surface area contributed by atoms with E-state index in [-0.39, 0.29) is 5.41 Å². The van der Waals surface area contributed by atoms with Crippen molar-refractivity contribution >= 4 is 0 Å². The molecule has 4 aliphatic carbocycles. The monoisotopic (exact) mass is 414 g/mol. The van der Waals surface area contributed by atoms with Crippen LogP contribution in [-0.4, -0.2) is 10.7 Å². The van der Waals surface area contributed by atoms with E-state index in [1.807, 2.05) is 0 Å². The summed E-state index contributed by atoms with van der Waals surface area (Å²) in [4.78, 5) is 0. The normalized spacial score (nSPS) is 46.0. The molecule has 7 atom stereocenters. The first-order chi connectivity index (χ1) is 14.0. The van der Waals surface area contributed by atoms with E-state index in [4.69, 9.17) is 0 Å². The van der Waals surface area contributed by atoms with Crippen LogP contribution >= 0.6 is 0 Å². The molecule has 172 valence electrons. The second-order valence-electron chi connectivity index (χ2n) is 13.5. The van der Waals surface area contributed by atoms with Crippen molar-refractivity contribution < 1.29 is 5.11 Å². The number of fused-ring (bicyclic) bond motifs is 5. The van der Waals surface area contributed by atoms with Crippen LogP contribution in [-0.2, 0) is 0 Å². The molecule has 1 nitrogen and oxygen atoms in total. The molecule has 0 bridgehead atoms. The molecule has 30 heavy (non-hydrogen) atoms. The van der Waals surface area contributed by atoms with Crippen molar-refractivity contribution in [2.45, 2.75) is 125 Å². The number of rotatable bonds is 5. The highest BCUT2D eigenvalue weighted by Gasteiger charge is 2.65. The van der Waals surface area contributed by atoms with Gasteiger partial charge in [-0.05, 0) is 97.2 Å².